The zero-order chi connectivity index (χ0) is 22.1. The summed E-state index contributed by atoms with van der Waals surface area (Å²) < 4.78 is 0. The van der Waals surface area contributed by atoms with Gasteiger partial charge in [-0.15, -0.1) is 11.8 Å². The Hall–Kier alpha value is -2.27. The summed E-state index contributed by atoms with van der Waals surface area (Å²) in [6.45, 7) is 10.4. The SMILES string of the molecule is CC[C@H](C)NC(=O)[C@H](C)N(Cc1cccc(C)c1)C(=O)CSCc1ccc(C)cc1. The maximum absolute atomic E-state index is 13.1. The van der Waals surface area contributed by atoms with E-state index in [4.69, 9.17) is 0 Å². The van der Waals surface area contributed by atoms with Crippen LogP contribution in [-0.2, 0) is 21.9 Å². The van der Waals surface area contributed by atoms with Gasteiger partial charge in [-0.3, -0.25) is 9.59 Å². The fourth-order valence-electron chi connectivity index (χ4n) is 3.08. The molecule has 0 fully saturated rings. The molecule has 4 nitrogen and oxygen atoms in total. The maximum atomic E-state index is 13.1. The van der Waals surface area contributed by atoms with E-state index in [2.05, 4.69) is 42.6 Å². The third kappa shape index (κ3) is 7.52. The van der Waals surface area contributed by atoms with Gasteiger partial charge in [0.05, 0.1) is 5.75 Å². The van der Waals surface area contributed by atoms with Crippen LogP contribution >= 0.6 is 11.8 Å². The van der Waals surface area contributed by atoms with Crippen LogP contribution in [0.25, 0.3) is 0 Å². The number of carbonyl (C=O) groups is 2. The monoisotopic (exact) mass is 426 g/mol. The van der Waals surface area contributed by atoms with E-state index in [9.17, 15) is 9.59 Å². The van der Waals surface area contributed by atoms with E-state index in [-0.39, 0.29) is 17.9 Å². The first-order chi connectivity index (χ1) is 14.3. The topological polar surface area (TPSA) is 49.4 Å². The Kier molecular flexibility index (Phi) is 9.44. The summed E-state index contributed by atoms with van der Waals surface area (Å²) >= 11 is 1.59. The van der Waals surface area contributed by atoms with Crippen molar-refractivity contribution >= 4 is 23.6 Å². The zero-order valence-corrected chi connectivity index (χ0v) is 19.6. The summed E-state index contributed by atoms with van der Waals surface area (Å²) in [6.07, 6.45) is 0.858. The molecule has 1 N–H and O–H groups in total. The van der Waals surface area contributed by atoms with E-state index in [0.29, 0.717) is 12.3 Å². The molecule has 2 rings (SSSR count). The zero-order valence-electron chi connectivity index (χ0n) is 18.8. The van der Waals surface area contributed by atoms with Crippen LogP contribution in [0.1, 0.15) is 49.4 Å². The van der Waals surface area contributed by atoms with Crippen molar-refractivity contribution < 1.29 is 9.59 Å². The van der Waals surface area contributed by atoms with Crippen molar-refractivity contribution in [2.75, 3.05) is 5.75 Å². The van der Waals surface area contributed by atoms with Gasteiger partial charge in [0.25, 0.3) is 0 Å². The van der Waals surface area contributed by atoms with E-state index in [1.54, 1.807) is 16.7 Å². The number of amides is 2. The standard InChI is InChI=1S/C25H34N2O2S/c1-6-20(4)26-25(29)21(5)27(15-23-9-7-8-19(3)14-23)24(28)17-30-16-22-12-10-18(2)11-13-22/h7-14,20-21H,6,15-17H2,1-5H3,(H,26,29)/t20-,21-/m0/s1. The van der Waals surface area contributed by atoms with Crippen molar-refractivity contribution in [1.82, 2.24) is 10.2 Å². The Labute approximate surface area is 185 Å². The quantitative estimate of drug-likeness (QED) is 0.590. The van der Waals surface area contributed by atoms with Crippen LogP contribution in [0, 0.1) is 13.8 Å². The first-order valence-corrected chi connectivity index (χ1v) is 11.7. The second-order valence-corrected chi connectivity index (χ2v) is 8.97. The van der Waals surface area contributed by atoms with Crippen molar-refractivity contribution in [3.05, 3.63) is 70.8 Å². The van der Waals surface area contributed by atoms with Crippen LogP contribution in [0.4, 0.5) is 0 Å². The molecule has 0 bridgehead atoms. The molecule has 2 aromatic rings. The Morgan fingerprint density at radius 3 is 2.33 bits per heavy atom. The molecule has 0 aliphatic heterocycles. The molecule has 5 heteroatoms. The molecule has 0 unspecified atom stereocenters. The highest BCUT2D eigenvalue weighted by Crippen LogP contribution is 2.17. The molecule has 30 heavy (non-hydrogen) atoms. The first-order valence-electron chi connectivity index (χ1n) is 10.6. The molecule has 2 amide bonds. The fraction of sp³-hybridized carbons (Fsp3) is 0.440. The lowest BCUT2D eigenvalue weighted by Crippen LogP contribution is -2.50. The number of hydrogen-bond donors (Lipinski definition) is 1. The molecule has 0 saturated heterocycles. The lowest BCUT2D eigenvalue weighted by molar-refractivity contribution is -0.138. The van der Waals surface area contributed by atoms with Crippen LogP contribution in [-0.4, -0.2) is 34.6 Å². The van der Waals surface area contributed by atoms with E-state index < -0.39 is 6.04 Å². The number of nitrogens with zero attached hydrogens (tertiary/aromatic N) is 1. The van der Waals surface area contributed by atoms with Gasteiger partial charge in [0.15, 0.2) is 0 Å². The van der Waals surface area contributed by atoms with Gasteiger partial charge in [0.1, 0.15) is 6.04 Å². The summed E-state index contributed by atoms with van der Waals surface area (Å²) in [5.41, 5.74) is 4.61. The van der Waals surface area contributed by atoms with E-state index in [1.807, 2.05) is 45.9 Å². The summed E-state index contributed by atoms with van der Waals surface area (Å²) in [6, 6.07) is 16.0. The van der Waals surface area contributed by atoms with Crippen molar-refractivity contribution in [3.8, 4) is 0 Å². The van der Waals surface area contributed by atoms with Crippen LogP contribution < -0.4 is 5.32 Å². The molecule has 0 radical (unpaired) electrons. The molecule has 0 heterocycles. The van der Waals surface area contributed by atoms with Crippen molar-refractivity contribution in [1.29, 1.82) is 0 Å². The van der Waals surface area contributed by atoms with Gasteiger partial charge in [-0.2, -0.15) is 0 Å². The van der Waals surface area contributed by atoms with Gasteiger partial charge in [0.2, 0.25) is 11.8 Å². The number of nitrogens with one attached hydrogen (secondary N) is 1. The smallest absolute Gasteiger partial charge is 0.242 e. The molecule has 2 atom stereocenters. The summed E-state index contributed by atoms with van der Waals surface area (Å²) in [4.78, 5) is 27.5. The van der Waals surface area contributed by atoms with Gasteiger partial charge >= 0.3 is 0 Å². The van der Waals surface area contributed by atoms with Crippen molar-refractivity contribution in [3.63, 3.8) is 0 Å². The van der Waals surface area contributed by atoms with Crippen LogP contribution in [0.15, 0.2) is 48.5 Å². The number of rotatable bonds is 10. The highest BCUT2D eigenvalue weighted by atomic mass is 32.2. The van der Waals surface area contributed by atoms with E-state index >= 15 is 0 Å². The number of benzene rings is 2. The van der Waals surface area contributed by atoms with Gasteiger partial charge in [-0.1, -0.05) is 66.6 Å². The molecule has 0 saturated carbocycles. The van der Waals surface area contributed by atoms with Gasteiger partial charge in [-0.05, 0) is 45.2 Å². The highest BCUT2D eigenvalue weighted by Gasteiger charge is 2.26. The molecular weight excluding hydrogens is 392 g/mol. The largest absolute Gasteiger partial charge is 0.352 e. The third-order valence-corrected chi connectivity index (χ3v) is 6.21. The molecule has 0 spiro atoms. The van der Waals surface area contributed by atoms with E-state index in [0.717, 1.165) is 23.3 Å². The minimum Gasteiger partial charge on any atom is -0.352 e. The predicted molar refractivity (Wildman–Crippen MR) is 126 cm³/mol. The molecule has 2 aromatic carbocycles. The average Bonchev–Trinajstić information content (AvgIpc) is 2.72. The summed E-state index contributed by atoms with van der Waals surface area (Å²) in [7, 11) is 0. The number of thioether (sulfide) groups is 1. The predicted octanol–water partition coefficient (Wildman–Crippen LogP) is 4.87. The molecule has 0 aliphatic carbocycles. The number of carbonyl (C=O) groups excluding carboxylic acids is 2. The van der Waals surface area contributed by atoms with Crippen molar-refractivity contribution in [2.24, 2.45) is 0 Å². The highest BCUT2D eigenvalue weighted by molar-refractivity contribution is 7.99. The molecule has 162 valence electrons. The lowest BCUT2D eigenvalue weighted by Gasteiger charge is -2.29. The molecule has 0 aromatic heterocycles. The van der Waals surface area contributed by atoms with E-state index in [1.165, 1.54) is 11.1 Å². The Bertz CT molecular complexity index is 835. The van der Waals surface area contributed by atoms with Crippen LogP contribution in [0.5, 0.6) is 0 Å². The third-order valence-electron chi connectivity index (χ3n) is 5.22. The van der Waals surface area contributed by atoms with Gasteiger partial charge in [-0.25, -0.2) is 0 Å². The number of aryl methyl sites for hydroxylation is 2. The summed E-state index contributed by atoms with van der Waals surface area (Å²) in [5.74, 6) is 1.01. The second kappa shape index (κ2) is 11.8. The Morgan fingerprint density at radius 1 is 1.00 bits per heavy atom. The molecular formula is C25H34N2O2S. The normalized spacial score (nSPS) is 12.8. The Morgan fingerprint density at radius 2 is 1.70 bits per heavy atom. The second-order valence-electron chi connectivity index (χ2n) is 7.98. The van der Waals surface area contributed by atoms with Crippen LogP contribution in [0.3, 0.4) is 0 Å². The van der Waals surface area contributed by atoms with Gasteiger partial charge < -0.3 is 10.2 Å². The lowest BCUT2D eigenvalue weighted by atomic mass is 10.1. The van der Waals surface area contributed by atoms with Crippen molar-refractivity contribution in [2.45, 2.75) is 65.4 Å². The first kappa shape index (κ1) is 24.0. The maximum Gasteiger partial charge on any atom is 0.242 e. The van der Waals surface area contributed by atoms with Gasteiger partial charge in [0, 0.05) is 18.3 Å². The summed E-state index contributed by atoms with van der Waals surface area (Å²) in [5, 5.41) is 3.01. The minimum atomic E-state index is -0.521. The minimum absolute atomic E-state index is 0.0135. The van der Waals surface area contributed by atoms with Crippen LogP contribution in [0.2, 0.25) is 0 Å². The number of hydrogen-bond acceptors (Lipinski definition) is 3. The molecule has 0 aliphatic rings. The average molecular weight is 427 g/mol. The Balaban J connectivity index is 2.07. The fourth-order valence-corrected chi connectivity index (χ4v) is 3.95.